The lowest BCUT2D eigenvalue weighted by molar-refractivity contribution is -0.139. The lowest BCUT2D eigenvalue weighted by Gasteiger charge is -2.19. The quantitative estimate of drug-likeness (QED) is 0.425. The Labute approximate surface area is 150 Å². The number of carboxylic acid groups (broad SMARTS) is 1. The van der Waals surface area contributed by atoms with E-state index in [2.05, 4.69) is 11.9 Å². The highest BCUT2D eigenvalue weighted by molar-refractivity contribution is 5.87. The summed E-state index contributed by atoms with van der Waals surface area (Å²) >= 11 is 0. The molecule has 2 rings (SSSR count). The van der Waals surface area contributed by atoms with E-state index >= 15 is 0 Å². The van der Waals surface area contributed by atoms with Crippen molar-refractivity contribution in [3.63, 3.8) is 0 Å². The minimum Gasteiger partial charge on any atom is -0.504 e. The largest absolute Gasteiger partial charge is 0.504 e. The zero-order chi connectivity index (χ0) is 19.1. The zero-order valence-electron chi connectivity index (χ0n) is 13.9. The maximum atomic E-state index is 11.7. The fourth-order valence-corrected chi connectivity index (χ4v) is 2.36. The first-order valence-electron chi connectivity index (χ1n) is 7.77. The Kier molecular flexibility index (Phi) is 6.21. The first kappa shape index (κ1) is 18.9. The van der Waals surface area contributed by atoms with Crippen LogP contribution in [0.4, 0.5) is 0 Å². The molecule has 4 N–H and O–H groups in total. The van der Waals surface area contributed by atoms with E-state index < -0.39 is 18.6 Å². The highest BCUT2D eigenvalue weighted by Gasteiger charge is 2.15. The highest BCUT2D eigenvalue weighted by Crippen LogP contribution is 2.28. The summed E-state index contributed by atoms with van der Waals surface area (Å²) in [5.41, 5.74) is 1.47. The summed E-state index contributed by atoms with van der Waals surface area (Å²) in [5.74, 6) is -1.50. The molecule has 0 radical (unpaired) electrons. The van der Waals surface area contributed by atoms with E-state index in [0.717, 1.165) is 11.6 Å². The highest BCUT2D eigenvalue weighted by atomic mass is 16.5. The van der Waals surface area contributed by atoms with Gasteiger partial charge >= 0.3 is 5.97 Å². The van der Waals surface area contributed by atoms with Gasteiger partial charge in [0.1, 0.15) is 5.75 Å². The second-order valence-electron chi connectivity index (χ2n) is 5.54. The molecule has 2 aromatic carbocycles. The SMILES string of the molecule is C=CC(=O)NC(Cc1ccc(O)c(O)c1)c1ccc(OCC(=O)O)cc1. The normalized spacial score (nSPS) is 11.4. The number of phenols is 2. The Morgan fingerprint density at radius 3 is 2.38 bits per heavy atom. The van der Waals surface area contributed by atoms with Crippen LogP contribution in [0.25, 0.3) is 0 Å². The Bertz CT molecular complexity index is 800. The van der Waals surface area contributed by atoms with Gasteiger partial charge in [-0.25, -0.2) is 4.79 Å². The van der Waals surface area contributed by atoms with Gasteiger partial charge in [0, 0.05) is 0 Å². The third-order valence-electron chi connectivity index (χ3n) is 3.63. The third-order valence-corrected chi connectivity index (χ3v) is 3.63. The molecule has 1 atom stereocenters. The topological polar surface area (TPSA) is 116 Å². The van der Waals surface area contributed by atoms with Gasteiger partial charge in [0.25, 0.3) is 0 Å². The zero-order valence-corrected chi connectivity index (χ0v) is 13.9. The average Bonchev–Trinajstić information content (AvgIpc) is 2.62. The minimum absolute atomic E-state index is 0.222. The van der Waals surface area contributed by atoms with Crippen LogP contribution in [0.1, 0.15) is 17.2 Å². The maximum absolute atomic E-state index is 11.7. The summed E-state index contributed by atoms with van der Waals surface area (Å²) in [6.07, 6.45) is 1.52. The molecule has 0 heterocycles. The van der Waals surface area contributed by atoms with Crippen LogP contribution in [-0.2, 0) is 16.0 Å². The number of carbonyl (C=O) groups excluding carboxylic acids is 1. The number of phenolic OH excluding ortho intramolecular Hbond substituents is 2. The van der Waals surface area contributed by atoms with Crippen molar-refractivity contribution in [1.29, 1.82) is 0 Å². The molecule has 7 nitrogen and oxygen atoms in total. The number of carbonyl (C=O) groups is 2. The molecule has 1 unspecified atom stereocenters. The van der Waals surface area contributed by atoms with Gasteiger partial charge in [-0.15, -0.1) is 0 Å². The Hall–Kier alpha value is -3.48. The second-order valence-corrected chi connectivity index (χ2v) is 5.54. The molecule has 2 aromatic rings. The molecule has 0 aromatic heterocycles. The molecule has 0 aliphatic rings. The number of amides is 1. The summed E-state index contributed by atoms with van der Waals surface area (Å²) in [5, 5.41) is 30.5. The van der Waals surface area contributed by atoms with Gasteiger partial charge in [0.15, 0.2) is 18.1 Å². The lowest BCUT2D eigenvalue weighted by atomic mass is 9.98. The number of nitrogens with one attached hydrogen (secondary N) is 1. The fraction of sp³-hybridized carbons (Fsp3) is 0.158. The fourth-order valence-electron chi connectivity index (χ4n) is 2.36. The molecule has 0 aliphatic carbocycles. The van der Waals surface area contributed by atoms with Crippen molar-refractivity contribution in [2.75, 3.05) is 6.61 Å². The summed E-state index contributed by atoms with van der Waals surface area (Å²) in [4.78, 5) is 22.3. The lowest BCUT2D eigenvalue weighted by Crippen LogP contribution is -2.28. The van der Waals surface area contributed by atoms with Gasteiger partial charge in [0.2, 0.25) is 5.91 Å². The van der Waals surface area contributed by atoms with Gasteiger partial charge in [-0.2, -0.15) is 0 Å². The number of ether oxygens (including phenoxy) is 1. The average molecular weight is 357 g/mol. The predicted molar refractivity (Wildman–Crippen MR) is 94.1 cm³/mol. The monoisotopic (exact) mass is 357 g/mol. The number of hydrogen-bond acceptors (Lipinski definition) is 5. The molecule has 0 saturated heterocycles. The standard InChI is InChI=1S/C19H19NO6/c1-2-18(23)20-15(9-12-3-8-16(21)17(22)10-12)13-4-6-14(7-5-13)26-11-19(24)25/h2-8,10,15,21-22H,1,9,11H2,(H,20,23)(H,24,25). The number of hydrogen-bond donors (Lipinski definition) is 4. The van der Waals surface area contributed by atoms with E-state index in [1.54, 1.807) is 30.3 Å². The maximum Gasteiger partial charge on any atom is 0.341 e. The molecule has 7 heteroatoms. The second kappa shape index (κ2) is 8.57. The number of aromatic hydroxyl groups is 2. The van der Waals surface area contributed by atoms with Crippen molar-refractivity contribution >= 4 is 11.9 Å². The van der Waals surface area contributed by atoms with E-state index in [-0.39, 0.29) is 17.4 Å². The van der Waals surface area contributed by atoms with E-state index in [9.17, 15) is 19.8 Å². The van der Waals surface area contributed by atoms with Crippen molar-refractivity contribution < 1.29 is 29.6 Å². The summed E-state index contributed by atoms with van der Waals surface area (Å²) in [6, 6.07) is 10.7. The molecular formula is C19H19NO6. The van der Waals surface area contributed by atoms with Crippen LogP contribution in [0.15, 0.2) is 55.1 Å². The van der Waals surface area contributed by atoms with Gasteiger partial charge in [-0.3, -0.25) is 4.79 Å². The molecule has 0 fully saturated rings. The number of benzene rings is 2. The van der Waals surface area contributed by atoms with Crippen LogP contribution in [-0.4, -0.2) is 33.8 Å². The van der Waals surface area contributed by atoms with Crippen LogP contribution >= 0.6 is 0 Å². The first-order valence-corrected chi connectivity index (χ1v) is 7.77. The van der Waals surface area contributed by atoms with Crippen molar-refractivity contribution in [2.45, 2.75) is 12.5 Å². The molecular weight excluding hydrogens is 338 g/mol. The van der Waals surface area contributed by atoms with Crippen LogP contribution in [0.5, 0.6) is 17.2 Å². The molecule has 0 bridgehead atoms. The number of rotatable bonds is 8. The molecule has 1 amide bonds. The van der Waals surface area contributed by atoms with E-state index in [1.807, 2.05) is 0 Å². The van der Waals surface area contributed by atoms with Gasteiger partial charge in [-0.05, 0) is 47.9 Å². The van der Waals surface area contributed by atoms with Crippen molar-refractivity contribution in [1.82, 2.24) is 5.32 Å². The molecule has 0 saturated carbocycles. The smallest absolute Gasteiger partial charge is 0.341 e. The molecule has 0 spiro atoms. The van der Waals surface area contributed by atoms with Crippen molar-refractivity contribution in [3.8, 4) is 17.2 Å². The molecule has 26 heavy (non-hydrogen) atoms. The Balaban J connectivity index is 2.20. The molecule has 0 aliphatic heterocycles. The van der Waals surface area contributed by atoms with E-state index in [0.29, 0.717) is 17.7 Å². The molecule has 136 valence electrons. The first-order chi connectivity index (χ1) is 12.4. The van der Waals surface area contributed by atoms with Gasteiger partial charge in [-0.1, -0.05) is 24.8 Å². The van der Waals surface area contributed by atoms with Crippen molar-refractivity contribution in [2.24, 2.45) is 0 Å². The Morgan fingerprint density at radius 1 is 1.12 bits per heavy atom. The van der Waals surface area contributed by atoms with Crippen LogP contribution in [0.3, 0.4) is 0 Å². The summed E-state index contributed by atoms with van der Waals surface area (Å²) in [7, 11) is 0. The summed E-state index contributed by atoms with van der Waals surface area (Å²) in [6.45, 7) is 2.99. The number of aliphatic carboxylic acids is 1. The third kappa shape index (κ3) is 5.27. The van der Waals surface area contributed by atoms with Crippen LogP contribution in [0, 0.1) is 0 Å². The Morgan fingerprint density at radius 2 is 1.81 bits per heavy atom. The van der Waals surface area contributed by atoms with Crippen LogP contribution in [0.2, 0.25) is 0 Å². The van der Waals surface area contributed by atoms with Gasteiger partial charge in [0.05, 0.1) is 6.04 Å². The minimum atomic E-state index is -1.07. The van der Waals surface area contributed by atoms with E-state index in [1.165, 1.54) is 12.1 Å². The summed E-state index contributed by atoms with van der Waals surface area (Å²) < 4.78 is 5.09. The van der Waals surface area contributed by atoms with Crippen LogP contribution < -0.4 is 10.1 Å². The van der Waals surface area contributed by atoms with E-state index in [4.69, 9.17) is 9.84 Å². The van der Waals surface area contributed by atoms with Crippen molar-refractivity contribution in [3.05, 3.63) is 66.2 Å². The predicted octanol–water partition coefficient (Wildman–Crippen LogP) is 2.15. The number of carboxylic acids is 1. The van der Waals surface area contributed by atoms with Gasteiger partial charge < -0.3 is 25.4 Å².